The quantitative estimate of drug-likeness (QED) is 0.568. The van der Waals surface area contributed by atoms with Crippen LogP contribution in [0.3, 0.4) is 0 Å². The van der Waals surface area contributed by atoms with Crippen LogP contribution in [0, 0.1) is 5.92 Å². The van der Waals surface area contributed by atoms with Crippen LogP contribution in [0.25, 0.3) is 0 Å². The Morgan fingerprint density at radius 1 is 1.18 bits per heavy atom. The van der Waals surface area contributed by atoms with Crippen molar-refractivity contribution < 1.29 is 23.0 Å². The van der Waals surface area contributed by atoms with Crippen molar-refractivity contribution in [2.45, 2.75) is 62.7 Å². The Morgan fingerprint density at radius 2 is 1.88 bits per heavy atom. The highest BCUT2D eigenvalue weighted by atomic mass is 19.3. The second kappa shape index (κ2) is 11.2. The first kappa shape index (κ1) is 26.0. The topological polar surface area (TPSA) is 73.3 Å². The molecule has 0 aliphatic heterocycles. The van der Waals surface area contributed by atoms with Crippen LogP contribution in [0.2, 0.25) is 0 Å². The summed E-state index contributed by atoms with van der Waals surface area (Å²) in [4.78, 5) is 21.0. The number of rotatable bonds is 9. The normalized spacial score (nSPS) is 19.4. The van der Waals surface area contributed by atoms with E-state index in [0.717, 1.165) is 32.1 Å². The summed E-state index contributed by atoms with van der Waals surface area (Å²) in [5.74, 6) is 0.638. The maximum absolute atomic E-state index is 13.7. The molecule has 1 amide bonds. The van der Waals surface area contributed by atoms with Crippen molar-refractivity contribution in [2.75, 3.05) is 7.11 Å². The smallest absolute Gasteiger partial charge is 0.269 e. The van der Waals surface area contributed by atoms with Gasteiger partial charge in [-0.2, -0.15) is 0 Å². The summed E-state index contributed by atoms with van der Waals surface area (Å²) in [6, 6.07) is 5.13. The number of ether oxygens (including phenoxy) is 2. The Hall–Kier alpha value is -2.58. The molecule has 0 saturated heterocycles. The summed E-state index contributed by atoms with van der Waals surface area (Å²) < 4.78 is 38.2. The Balaban J connectivity index is 1.62. The fraction of sp³-hybridized carbons (Fsp3) is 0.522. The lowest BCUT2D eigenvalue weighted by atomic mass is 9.52. The molecule has 1 fully saturated rings. The Labute approximate surface area is 202 Å². The molecule has 0 radical (unpaired) electrons. The number of hydrogen-bond acceptors (Lipinski definition) is 5. The molecule has 180 valence electrons. The molecule has 0 spiro atoms. The molecule has 11 heteroatoms. The molecular formula is C23H32B3F2N3O3. The molecule has 0 aromatic carbocycles. The van der Waals surface area contributed by atoms with Gasteiger partial charge in [-0.1, -0.05) is 6.92 Å². The second-order valence-electron chi connectivity index (χ2n) is 9.82. The van der Waals surface area contributed by atoms with E-state index in [2.05, 4.69) is 22.2 Å². The highest BCUT2D eigenvalue weighted by molar-refractivity contribution is 6.58. The second-order valence-corrected chi connectivity index (χ2v) is 9.82. The Bertz CT molecular complexity index is 966. The van der Waals surface area contributed by atoms with E-state index < -0.39 is 6.43 Å². The van der Waals surface area contributed by atoms with Gasteiger partial charge in [-0.25, -0.2) is 18.7 Å². The van der Waals surface area contributed by atoms with Gasteiger partial charge in [0.05, 0.1) is 18.2 Å². The summed E-state index contributed by atoms with van der Waals surface area (Å²) in [5.41, 5.74) is 1.01. The number of aromatic nitrogens is 2. The largest absolute Gasteiger partial charge is 0.499 e. The summed E-state index contributed by atoms with van der Waals surface area (Å²) >= 11 is 0. The minimum Gasteiger partial charge on any atom is -0.499 e. The Morgan fingerprint density at radius 3 is 2.41 bits per heavy atom. The number of nitrogens with zero attached hydrogens (tertiary/aromatic N) is 2. The van der Waals surface area contributed by atoms with Gasteiger partial charge in [0, 0.05) is 29.8 Å². The molecule has 1 atom stereocenters. The number of methoxy groups -OCH3 is 1. The van der Waals surface area contributed by atoms with Crippen LogP contribution >= 0.6 is 0 Å². The molecule has 2 aromatic rings. The van der Waals surface area contributed by atoms with E-state index in [-0.39, 0.29) is 34.6 Å². The van der Waals surface area contributed by atoms with Crippen molar-refractivity contribution in [3.05, 3.63) is 47.3 Å². The lowest BCUT2D eigenvalue weighted by Gasteiger charge is -2.34. The minimum atomic E-state index is -2.63. The average Bonchev–Trinajstić information content (AvgIpc) is 2.81. The third-order valence-corrected chi connectivity index (χ3v) is 6.35. The molecule has 1 N–H and O–H groups in total. The number of carbonyl (C=O) groups is 1. The molecule has 6 nitrogen and oxygen atoms in total. The van der Waals surface area contributed by atoms with Crippen LogP contribution in [0.5, 0.6) is 11.8 Å². The molecule has 1 aliphatic carbocycles. The average molecular weight is 469 g/mol. The number of carbonyl (C=O) groups excluding carboxylic acids is 1. The molecule has 2 aromatic heterocycles. The van der Waals surface area contributed by atoms with Gasteiger partial charge in [0.2, 0.25) is 11.8 Å². The van der Waals surface area contributed by atoms with Gasteiger partial charge in [0.25, 0.3) is 12.3 Å². The lowest BCUT2D eigenvalue weighted by molar-refractivity contribution is 0.0908. The van der Waals surface area contributed by atoms with E-state index >= 15 is 0 Å². The fourth-order valence-corrected chi connectivity index (χ4v) is 4.73. The predicted octanol–water partition coefficient (Wildman–Crippen LogP) is 1.79. The molecule has 0 bridgehead atoms. The van der Waals surface area contributed by atoms with Gasteiger partial charge >= 0.3 is 0 Å². The molecule has 3 rings (SSSR count). The highest BCUT2D eigenvalue weighted by Gasteiger charge is 2.32. The summed E-state index contributed by atoms with van der Waals surface area (Å²) in [7, 11) is 7.18. The van der Waals surface area contributed by atoms with Gasteiger partial charge in [0.1, 0.15) is 23.5 Å². The maximum Gasteiger partial charge on any atom is 0.269 e. The van der Waals surface area contributed by atoms with Crippen molar-refractivity contribution in [3.8, 4) is 11.8 Å². The van der Waals surface area contributed by atoms with E-state index in [1.807, 2.05) is 23.5 Å². The van der Waals surface area contributed by atoms with Crippen LogP contribution < -0.4 is 14.8 Å². The van der Waals surface area contributed by atoms with Crippen LogP contribution in [0.1, 0.15) is 72.9 Å². The zero-order chi connectivity index (χ0) is 24.9. The van der Waals surface area contributed by atoms with Crippen molar-refractivity contribution in [3.63, 3.8) is 0 Å². The van der Waals surface area contributed by atoms with Crippen molar-refractivity contribution in [2.24, 2.45) is 5.92 Å². The summed E-state index contributed by atoms with van der Waals surface area (Å²) in [5, 5.41) is 2.79. The zero-order valence-electron chi connectivity index (χ0n) is 20.6. The minimum absolute atomic E-state index is 0.000787. The van der Waals surface area contributed by atoms with Gasteiger partial charge in [-0.05, 0) is 61.6 Å². The van der Waals surface area contributed by atoms with Crippen LogP contribution in [-0.2, 0) is 0 Å². The van der Waals surface area contributed by atoms with Gasteiger partial charge in [-0.3, -0.25) is 4.79 Å². The van der Waals surface area contributed by atoms with Gasteiger partial charge in [-0.15, -0.1) is 0 Å². The monoisotopic (exact) mass is 469 g/mol. The highest BCUT2D eigenvalue weighted by Crippen LogP contribution is 2.42. The van der Waals surface area contributed by atoms with E-state index in [4.69, 9.17) is 9.47 Å². The summed E-state index contributed by atoms with van der Waals surface area (Å²) in [6.45, 7) is 2.05. The standard InChI is InChI=1S/C23H32B3F2N3O3/c1-3-17(31-21(32)15-8-9-18(30-12-15)34-23(24,25)26)14-6-4-13(5-7-14)16-10-11-29-22(33-2)19(16)20(27)28/h8-14,17,20H,3-7,24-26H2,1-2H3,(H,31,32)/t13-,14+,17?. The van der Waals surface area contributed by atoms with Crippen molar-refractivity contribution in [1.29, 1.82) is 0 Å². The van der Waals surface area contributed by atoms with Crippen LogP contribution in [-0.4, -0.2) is 57.9 Å². The number of amides is 1. The van der Waals surface area contributed by atoms with Crippen molar-refractivity contribution in [1.82, 2.24) is 15.3 Å². The van der Waals surface area contributed by atoms with E-state index in [0.29, 0.717) is 22.9 Å². The van der Waals surface area contributed by atoms with Crippen molar-refractivity contribution >= 4 is 29.4 Å². The zero-order valence-corrected chi connectivity index (χ0v) is 20.6. The first-order valence-electron chi connectivity index (χ1n) is 11.9. The number of alkyl halides is 2. The number of nitrogens with one attached hydrogen (secondary N) is 1. The lowest BCUT2D eigenvalue weighted by Crippen LogP contribution is -2.41. The number of hydrogen-bond donors (Lipinski definition) is 1. The van der Waals surface area contributed by atoms with Crippen LogP contribution in [0.15, 0.2) is 30.6 Å². The number of pyridine rings is 2. The third kappa shape index (κ3) is 6.51. The van der Waals surface area contributed by atoms with Gasteiger partial charge in [0.15, 0.2) is 0 Å². The molecule has 1 aliphatic rings. The molecule has 1 unspecified atom stereocenters. The Kier molecular flexibility index (Phi) is 8.60. The van der Waals surface area contributed by atoms with E-state index in [1.165, 1.54) is 19.5 Å². The molecule has 34 heavy (non-hydrogen) atoms. The summed E-state index contributed by atoms with van der Waals surface area (Å²) in [6.07, 6.45) is 4.50. The van der Waals surface area contributed by atoms with E-state index in [9.17, 15) is 13.6 Å². The first-order chi connectivity index (χ1) is 16.1. The maximum atomic E-state index is 13.7. The van der Waals surface area contributed by atoms with Gasteiger partial charge < -0.3 is 14.8 Å². The third-order valence-electron chi connectivity index (χ3n) is 6.35. The van der Waals surface area contributed by atoms with Crippen LogP contribution in [0.4, 0.5) is 8.78 Å². The molecule has 1 saturated carbocycles. The fourth-order valence-electron chi connectivity index (χ4n) is 4.73. The molecular weight excluding hydrogens is 437 g/mol. The van der Waals surface area contributed by atoms with E-state index in [1.54, 1.807) is 18.2 Å². The predicted molar refractivity (Wildman–Crippen MR) is 135 cm³/mol. The number of halogens is 2. The first-order valence-corrected chi connectivity index (χ1v) is 11.9. The SMILES string of the molecule is BC(B)(B)Oc1ccc(C(=O)NC(CC)[C@H]2CC[C@@H](c3ccnc(OC)c3C(F)F)CC2)cn1. The molecule has 2 heterocycles.